The summed E-state index contributed by atoms with van der Waals surface area (Å²) in [6.07, 6.45) is 10.6. The molecule has 0 radical (unpaired) electrons. The molecule has 9 saturated heterocycles. The third kappa shape index (κ3) is 27.2. The van der Waals surface area contributed by atoms with Crippen molar-refractivity contribution >= 4 is 104 Å². The first-order valence-corrected chi connectivity index (χ1v) is 43.7. The van der Waals surface area contributed by atoms with Crippen LogP contribution in [0.1, 0.15) is 112 Å². The van der Waals surface area contributed by atoms with E-state index in [4.69, 9.17) is 94.7 Å². The van der Waals surface area contributed by atoms with E-state index in [1.807, 2.05) is 109 Å². The number of nitrogens with zero attached hydrogens (tertiary/aromatic N) is 9. The van der Waals surface area contributed by atoms with Crippen molar-refractivity contribution in [2.45, 2.75) is 113 Å². The molecule has 0 bridgehead atoms. The van der Waals surface area contributed by atoms with E-state index in [0.717, 1.165) is 185 Å². The molecule has 6 aromatic carbocycles. The number of carboxylic acid groups (broad SMARTS) is 1. The quantitative estimate of drug-likeness (QED) is 0.0208. The van der Waals surface area contributed by atoms with Crippen LogP contribution in [0.25, 0.3) is 0 Å². The SMILES string of the molecule is N[C@H](CN1CCCC1)C(O)c1ccc(OCCN2CCC2)c(Cl)c1.O=C(N[C@H](CN1CCCC1)[C@H](O)c1ccc(OCCN2CCC2)c(Cl)c1)[C@@H]1CCN(c2ccc(Cl)cc2)C1.O=C(N[C@H](CN1CCCC1)[C@H](O)c1ccc(OCCN2CCC2)c(Cl)c1)[C@H]1CCN(c2ccc(Cl)cc2)C1.O=C(O)[C@@H]1CCN(c2ccc(Cl)cc2)C1.[U]. The van der Waals surface area contributed by atoms with Crippen LogP contribution in [0.3, 0.4) is 0 Å². The van der Waals surface area contributed by atoms with Gasteiger partial charge in [0.2, 0.25) is 11.8 Å². The Morgan fingerprint density at radius 1 is 0.379 bits per heavy atom. The molecule has 9 atom stereocenters. The van der Waals surface area contributed by atoms with Gasteiger partial charge in [-0.25, -0.2) is 0 Å². The first-order valence-electron chi connectivity index (χ1n) is 41.5. The van der Waals surface area contributed by atoms with E-state index in [1.54, 1.807) is 18.2 Å². The van der Waals surface area contributed by atoms with E-state index < -0.39 is 36.4 Å². The van der Waals surface area contributed by atoms with Crippen molar-refractivity contribution in [3.05, 3.63) is 174 Å². The number of amides is 2. The largest absolute Gasteiger partial charge is 0.491 e. The number of nitrogens with two attached hydrogens (primary N) is 1. The zero-order valence-corrected chi connectivity index (χ0v) is 75.2. The molecule has 29 heteroatoms. The maximum atomic E-state index is 13.4. The van der Waals surface area contributed by atoms with Crippen LogP contribution in [0.4, 0.5) is 17.1 Å². The van der Waals surface area contributed by atoms with Gasteiger partial charge in [-0.3, -0.25) is 29.1 Å². The number of nitrogens with one attached hydrogen (secondary N) is 2. The average Bonchev–Trinajstić information content (AvgIpc) is 1.77. The second-order valence-corrected chi connectivity index (χ2v) is 34.5. The number of hydrogen-bond donors (Lipinski definition) is 7. The van der Waals surface area contributed by atoms with Gasteiger partial charge in [0.25, 0.3) is 0 Å². The monoisotopic (exact) mass is 1940 g/mol. The molecule has 2 amide bonds. The summed E-state index contributed by atoms with van der Waals surface area (Å²) in [5.41, 5.74) is 11.5. The molecule has 0 spiro atoms. The normalized spacial score (nSPS) is 21.4. The zero-order valence-electron chi connectivity index (χ0n) is 66.5. The van der Waals surface area contributed by atoms with Crippen molar-refractivity contribution in [1.29, 1.82) is 0 Å². The van der Waals surface area contributed by atoms with Gasteiger partial charge in [-0.2, -0.15) is 0 Å². The molecule has 15 rings (SSSR count). The number of aliphatic hydroxyl groups is 3. The van der Waals surface area contributed by atoms with Crippen LogP contribution >= 0.6 is 69.6 Å². The summed E-state index contributed by atoms with van der Waals surface area (Å²) in [6, 6.07) is 38.2. The minimum Gasteiger partial charge on any atom is -0.491 e. The summed E-state index contributed by atoms with van der Waals surface area (Å²) in [4.78, 5) is 58.0. The molecule has 0 aliphatic carbocycles. The molecule has 9 fully saturated rings. The van der Waals surface area contributed by atoms with Gasteiger partial charge in [0.05, 0.1) is 51.0 Å². The molecule has 0 saturated carbocycles. The zero-order chi connectivity index (χ0) is 80.7. The van der Waals surface area contributed by atoms with E-state index in [9.17, 15) is 29.7 Å². The fourth-order valence-electron chi connectivity index (χ4n) is 16.3. The fraction of sp³-hybridized carbons (Fsp3) is 0.552. The van der Waals surface area contributed by atoms with Gasteiger partial charge in [0.1, 0.15) is 49.3 Å². The summed E-state index contributed by atoms with van der Waals surface area (Å²) >= 11 is 37.3. The van der Waals surface area contributed by atoms with Gasteiger partial charge in [-0.15, -0.1) is 0 Å². The molecule has 9 aliphatic rings. The van der Waals surface area contributed by atoms with E-state index in [-0.39, 0.29) is 66.7 Å². The van der Waals surface area contributed by atoms with E-state index >= 15 is 0 Å². The summed E-state index contributed by atoms with van der Waals surface area (Å²) in [6.45, 7) is 23.7. The first-order chi connectivity index (χ1) is 55.7. The Balaban J connectivity index is 0.000000159. The Bertz CT molecular complexity index is 3860. The van der Waals surface area contributed by atoms with Crippen molar-refractivity contribution in [3.8, 4) is 17.2 Å². The molecular formula is C87H116Cl6N12O10U. The van der Waals surface area contributed by atoms with Crippen molar-refractivity contribution in [2.24, 2.45) is 23.5 Å². The molecule has 0 aromatic heterocycles. The van der Waals surface area contributed by atoms with Crippen LogP contribution in [0.15, 0.2) is 127 Å². The smallest absolute Gasteiger partial charge is 0.308 e. The molecular weight excluding hydrogens is 1820 g/mol. The second-order valence-electron chi connectivity index (χ2n) is 32.0. The van der Waals surface area contributed by atoms with Gasteiger partial charge in [-0.05, 0) is 281 Å². The Morgan fingerprint density at radius 2 is 0.664 bits per heavy atom. The topological polar surface area (TPSA) is 239 Å². The number of carbonyl (C=O) groups excluding carboxylic acids is 2. The van der Waals surface area contributed by atoms with Gasteiger partial charge < -0.3 is 80.4 Å². The number of carbonyl (C=O) groups is 3. The predicted octanol–water partition coefficient (Wildman–Crippen LogP) is 12.6. The Kier molecular flexibility index (Phi) is 36.5. The van der Waals surface area contributed by atoms with Crippen molar-refractivity contribution in [2.75, 3.05) is 192 Å². The van der Waals surface area contributed by atoms with Gasteiger partial charge in [0.15, 0.2) is 0 Å². The third-order valence-electron chi connectivity index (χ3n) is 23.8. The summed E-state index contributed by atoms with van der Waals surface area (Å²) in [5, 5.41) is 52.2. The minimum atomic E-state index is -0.874. The van der Waals surface area contributed by atoms with Crippen LogP contribution in [0, 0.1) is 48.9 Å². The number of rotatable bonds is 32. The molecule has 1 unspecified atom stereocenters. The van der Waals surface area contributed by atoms with Crippen LogP contribution in [-0.4, -0.2) is 263 Å². The van der Waals surface area contributed by atoms with Gasteiger partial charge in [-0.1, -0.05) is 87.8 Å². The van der Waals surface area contributed by atoms with Gasteiger partial charge >= 0.3 is 5.97 Å². The summed E-state index contributed by atoms with van der Waals surface area (Å²) < 4.78 is 17.5. The minimum absolute atomic E-state index is 0. The number of aliphatic carboxylic acids is 1. The Labute approximate surface area is 738 Å². The molecule has 22 nitrogen and oxygen atoms in total. The number of benzene rings is 6. The molecule has 9 aliphatic heterocycles. The standard InChI is InChI=1S/2C29H38Cl2N4O3.C18H28ClN3O2.C11H12ClNO2.U/c2*30-23-5-7-24(8-6-23)35-15-10-22(19-35)29(37)32-26(20-34-11-1-2-12-34)28(36)21-4-9-27(25(31)18-21)38-17-16-33-13-3-14-33;19-15-12-14(18(23)16(20)13-22-6-1-2-7-22)4-5-17(15)24-11-10-21-8-3-9-21;12-9-1-3-10(4-2-9)13-6-5-8(7-13)11(14)15;/h2*4-9,18,22,26,28,36H,1-3,10-17,19-20H2,(H,32,37);4-5,12,16,18,23H,1-3,6-11,13,20H2;1-4,8H,5-7H2,(H,14,15);/t22-,26+,28+;22-,26-,28-;16-,18?;8-;/m0111./s1. The van der Waals surface area contributed by atoms with E-state index in [2.05, 4.69) is 54.7 Å². The number of halogens is 6. The molecule has 630 valence electrons. The van der Waals surface area contributed by atoms with Crippen molar-refractivity contribution in [3.63, 3.8) is 0 Å². The molecule has 116 heavy (non-hydrogen) atoms. The van der Waals surface area contributed by atoms with E-state index in [1.165, 1.54) is 32.1 Å². The second kappa shape index (κ2) is 46.2. The van der Waals surface area contributed by atoms with Crippen molar-refractivity contribution < 1.29 is 80.1 Å². The van der Waals surface area contributed by atoms with Crippen molar-refractivity contribution in [1.82, 2.24) is 40.0 Å². The molecule has 8 N–H and O–H groups in total. The molecule has 6 aromatic rings. The Morgan fingerprint density at radius 3 is 0.948 bits per heavy atom. The van der Waals surface area contributed by atoms with Crippen LogP contribution in [0.5, 0.6) is 17.2 Å². The number of aliphatic hydroxyl groups excluding tert-OH is 3. The van der Waals surface area contributed by atoms with Crippen LogP contribution < -0.4 is 45.3 Å². The summed E-state index contributed by atoms with van der Waals surface area (Å²) in [5.74, 6) is 0.680. The first kappa shape index (κ1) is 91.7. The number of hydrogen-bond acceptors (Lipinski definition) is 19. The Hall–Kier alpha value is -5.08. The maximum Gasteiger partial charge on any atom is 0.308 e. The van der Waals surface area contributed by atoms with Gasteiger partial charge in [0, 0.05) is 148 Å². The number of likely N-dealkylation sites (tertiary alicyclic amines) is 6. The number of anilines is 3. The number of ether oxygens (including phenoxy) is 3. The van der Waals surface area contributed by atoms with Crippen LogP contribution in [-0.2, 0) is 14.4 Å². The van der Waals surface area contributed by atoms with E-state index in [0.29, 0.717) is 118 Å². The fourth-order valence-corrected chi connectivity index (χ4v) is 17.4. The predicted molar refractivity (Wildman–Crippen MR) is 461 cm³/mol. The maximum absolute atomic E-state index is 13.4. The average molecular weight is 1940 g/mol. The number of carboxylic acids is 1. The molecule has 9 heterocycles. The van der Waals surface area contributed by atoms with Crippen LogP contribution in [0.2, 0.25) is 30.1 Å². The third-order valence-corrected chi connectivity index (χ3v) is 25.4. The summed E-state index contributed by atoms with van der Waals surface area (Å²) in [7, 11) is 0.